The SMILES string of the molecule is O=C(C1CC1)N1CCc2nc(C3CCCN(C(=O)C4CCC4)C3)[nH]c(=O)c2C1. The van der Waals surface area contributed by atoms with Gasteiger partial charge in [0.15, 0.2) is 0 Å². The number of amides is 2. The Morgan fingerprint density at radius 2 is 1.68 bits per heavy atom. The van der Waals surface area contributed by atoms with Crippen LogP contribution < -0.4 is 5.56 Å². The van der Waals surface area contributed by atoms with Gasteiger partial charge in [0.05, 0.1) is 17.8 Å². The summed E-state index contributed by atoms with van der Waals surface area (Å²) in [5.41, 5.74) is 1.36. The van der Waals surface area contributed by atoms with E-state index in [0.717, 1.165) is 63.0 Å². The van der Waals surface area contributed by atoms with Crippen molar-refractivity contribution >= 4 is 11.8 Å². The van der Waals surface area contributed by atoms with Crippen molar-refractivity contribution in [1.29, 1.82) is 0 Å². The fraction of sp³-hybridized carbons (Fsp3) is 0.714. The van der Waals surface area contributed by atoms with Gasteiger partial charge in [-0.05, 0) is 38.5 Å². The van der Waals surface area contributed by atoms with Crippen LogP contribution in [0.15, 0.2) is 4.79 Å². The van der Waals surface area contributed by atoms with Gasteiger partial charge < -0.3 is 14.8 Å². The molecule has 1 aromatic rings. The molecule has 0 aromatic carbocycles. The quantitative estimate of drug-likeness (QED) is 0.857. The van der Waals surface area contributed by atoms with E-state index in [9.17, 15) is 14.4 Å². The first-order chi connectivity index (χ1) is 13.6. The molecule has 3 heterocycles. The molecule has 28 heavy (non-hydrogen) atoms. The van der Waals surface area contributed by atoms with Crippen molar-refractivity contribution in [3.8, 4) is 0 Å². The number of rotatable bonds is 3. The van der Waals surface area contributed by atoms with E-state index < -0.39 is 0 Å². The van der Waals surface area contributed by atoms with Crippen molar-refractivity contribution < 1.29 is 9.59 Å². The molecule has 0 radical (unpaired) electrons. The van der Waals surface area contributed by atoms with Crippen LogP contribution >= 0.6 is 0 Å². The van der Waals surface area contributed by atoms with Gasteiger partial charge in [0, 0.05) is 43.8 Å². The Bertz CT molecular complexity index is 856. The van der Waals surface area contributed by atoms with Crippen molar-refractivity contribution in [3.63, 3.8) is 0 Å². The van der Waals surface area contributed by atoms with E-state index in [1.807, 2.05) is 9.80 Å². The van der Waals surface area contributed by atoms with Crippen molar-refractivity contribution in [2.45, 2.75) is 63.8 Å². The Hall–Kier alpha value is -2.18. The van der Waals surface area contributed by atoms with E-state index >= 15 is 0 Å². The van der Waals surface area contributed by atoms with Crippen LogP contribution in [0.5, 0.6) is 0 Å². The van der Waals surface area contributed by atoms with Crippen molar-refractivity contribution in [2.75, 3.05) is 19.6 Å². The number of nitrogens with one attached hydrogen (secondary N) is 1. The van der Waals surface area contributed by atoms with Crippen molar-refractivity contribution in [2.24, 2.45) is 11.8 Å². The van der Waals surface area contributed by atoms with Crippen molar-refractivity contribution in [3.05, 3.63) is 27.4 Å². The molecule has 4 aliphatic rings. The predicted octanol–water partition coefficient (Wildman–Crippen LogP) is 1.57. The summed E-state index contributed by atoms with van der Waals surface area (Å²) >= 11 is 0. The molecular weight excluding hydrogens is 356 g/mol. The second-order valence-electron chi connectivity index (χ2n) is 8.91. The van der Waals surface area contributed by atoms with Crippen molar-refractivity contribution in [1.82, 2.24) is 19.8 Å². The first kappa shape index (κ1) is 17.9. The summed E-state index contributed by atoms with van der Waals surface area (Å²) in [6.45, 7) is 2.50. The predicted molar refractivity (Wildman–Crippen MR) is 103 cm³/mol. The maximum Gasteiger partial charge on any atom is 0.256 e. The molecule has 2 saturated carbocycles. The van der Waals surface area contributed by atoms with Gasteiger partial charge in [-0.1, -0.05) is 6.42 Å². The number of aromatic amines is 1. The normalized spacial score (nSPS) is 25.2. The number of hydrogen-bond donors (Lipinski definition) is 1. The number of carbonyl (C=O) groups is 2. The highest BCUT2D eigenvalue weighted by molar-refractivity contribution is 5.81. The lowest BCUT2D eigenvalue weighted by Crippen LogP contribution is -2.45. The van der Waals surface area contributed by atoms with Gasteiger partial charge in [-0.15, -0.1) is 0 Å². The molecule has 0 bridgehead atoms. The Balaban J connectivity index is 1.32. The number of nitrogens with zero attached hydrogens (tertiary/aromatic N) is 3. The molecule has 1 aromatic heterocycles. The lowest BCUT2D eigenvalue weighted by molar-refractivity contribution is -0.139. The zero-order valence-corrected chi connectivity index (χ0v) is 16.3. The van der Waals surface area contributed by atoms with Gasteiger partial charge in [-0.25, -0.2) is 4.98 Å². The number of piperidine rings is 1. The number of H-pyrrole nitrogens is 1. The first-order valence-corrected chi connectivity index (χ1v) is 10.8. The standard InChI is InChI=1S/C21H28N4O3/c26-19-16-12-25(21(28)14-6-7-14)10-8-17(16)22-18(23-19)15-5-2-9-24(11-15)20(27)13-3-1-4-13/h13-15H,1-12H2,(H,22,23,26). The Morgan fingerprint density at radius 1 is 0.929 bits per heavy atom. The highest BCUT2D eigenvalue weighted by atomic mass is 16.2. The molecule has 3 fully saturated rings. The van der Waals surface area contributed by atoms with Crippen LogP contribution in [0, 0.1) is 11.8 Å². The monoisotopic (exact) mass is 384 g/mol. The molecule has 7 nitrogen and oxygen atoms in total. The molecule has 1 N–H and O–H groups in total. The molecule has 0 spiro atoms. The fourth-order valence-electron chi connectivity index (χ4n) is 4.73. The molecule has 1 unspecified atom stereocenters. The van der Waals surface area contributed by atoms with Gasteiger partial charge in [0.2, 0.25) is 11.8 Å². The lowest BCUT2D eigenvalue weighted by atomic mass is 9.83. The molecule has 2 aliphatic carbocycles. The van der Waals surface area contributed by atoms with Gasteiger partial charge in [-0.3, -0.25) is 14.4 Å². The number of carbonyl (C=O) groups excluding carboxylic acids is 2. The molecule has 150 valence electrons. The topological polar surface area (TPSA) is 86.4 Å². The van der Waals surface area contributed by atoms with E-state index in [0.29, 0.717) is 31.6 Å². The highest BCUT2D eigenvalue weighted by Gasteiger charge is 2.36. The number of hydrogen-bond acceptors (Lipinski definition) is 4. The third-order valence-electron chi connectivity index (χ3n) is 6.90. The minimum Gasteiger partial charge on any atom is -0.342 e. The Morgan fingerprint density at radius 3 is 2.39 bits per heavy atom. The summed E-state index contributed by atoms with van der Waals surface area (Å²) in [4.78, 5) is 49.3. The molecule has 1 atom stereocenters. The van der Waals surface area contributed by atoms with Crippen LogP contribution in [0.4, 0.5) is 0 Å². The van der Waals surface area contributed by atoms with Gasteiger partial charge in [0.25, 0.3) is 5.56 Å². The van der Waals surface area contributed by atoms with Crippen LogP contribution in [-0.2, 0) is 22.6 Å². The van der Waals surface area contributed by atoms with Gasteiger partial charge in [0.1, 0.15) is 5.82 Å². The van der Waals surface area contributed by atoms with E-state index in [2.05, 4.69) is 4.98 Å². The van der Waals surface area contributed by atoms with E-state index in [1.54, 1.807) is 0 Å². The van der Waals surface area contributed by atoms with Crippen LogP contribution in [0.1, 0.15) is 67.9 Å². The summed E-state index contributed by atoms with van der Waals surface area (Å²) in [5.74, 6) is 1.68. The maximum absolute atomic E-state index is 12.7. The second-order valence-corrected chi connectivity index (χ2v) is 8.91. The highest BCUT2D eigenvalue weighted by Crippen LogP contribution is 2.33. The van der Waals surface area contributed by atoms with E-state index in [1.165, 1.54) is 0 Å². The van der Waals surface area contributed by atoms with E-state index in [4.69, 9.17) is 4.98 Å². The molecule has 7 heteroatoms. The molecule has 5 rings (SSSR count). The smallest absolute Gasteiger partial charge is 0.256 e. The number of likely N-dealkylation sites (tertiary alicyclic amines) is 1. The van der Waals surface area contributed by atoms with Gasteiger partial charge >= 0.3 is 0 Å². The molecule has 1 saturated heterocycles. The summed E-state index contributed by atoms with van der Waals surface area (Å²) in [6.07, 6.45) is 7.70. The summed E-state index contributed by atoms with van der Waals surface area (Å²) in [5, 5.41) is 0. The zero-order chi connectivity index (χ0) is 19.3. The molecule has 2 amide bonds. The summed E-state index contributed by atoms with van der Waals surface area (Å²) in [7, 11) is 0. The molecule has 2 aliphatic heterocycles. The summed E-state index contributed by atoms with van der Waals surface area (Å²) in [6, 6.07) is 0. The van der Waals surface area contributed by atoms with Crippen LogP contribution in [0.3, 0.4) is 0 Å². The zero-order valence-electron chi connectivity index (χ0n) is 16.3. The average Bonchev–Trinajstić information content (AvgIpc) is 3.51. The number of aromatic nitrogens is 2. The third kappa shape index (κ3) is 3.25. The number of fused-ring (bicyclic) bond motifs is 1. The maximum atomic E-state index is 12.7. The second kappa shape index (κ2) is 7.01. The first-order valence-electron chi connectivity index (χ1n) is 10.8. The fourth-order valence-corrected chi connectivity index (χ4v) is 4.73. The van der Waals surface area contributed by atoms with E-state index in [-0.39, 0.29) is 35.1 Å². The largest absolute Gasteiger partial charge is 0.342 e. The van der Waals surface area contributed by atoms with Gasteiger partial charge in [-0.2, -0.15) is 0 Å². The third-order valence-corrected chi connectivity index (χ3v) is 6.90. The average molecular weight is 384 g/mol. The minimum absolute atomic E-state index is 0.0990. The Labute approximate surface area is 164 Å². The van der Waals surface area contributed by atoms with Crippen LogP contribution in [0.25, 0.3) is 0 Å². The molecular formula is C21H28N4O3. The Kier molecular flexibility index (Phi) is 4.48. The van der Waals surface area contributed by atoms with Crippen LogP contribution in [0.2, 0.25) is 0 Å². The summed E-state index contributed by atoms with van der Waals surface area (Å²) < 4.78 is 0. The minimum atomic E-state index is -0.115. The lowest BCUT2D eigenvalue weighted by Gasteiger charge is -2.37. The van der Waals surface area contributed by atoms with Crippen LogP contribution in [-0.4, -0.2) is 51.2 Å².